The summed E-state index contributed by atoms with van der Waals surface area (Å²) in [5.74, 6) is -0.247. The fourth-order valence-electron chi connectivity index (χ4n) is 2.65. The van der Waals surface area contributed by atoms with Crippen LogP contribution < -0.4 is 4.90 Å². The SMILES string of the molecule is CN(C)c1ccc(C(=O)N(Cc2cccc(F)c2)C2CC2)cc1. The summed E-state index contributed by atoms with van der Waals surface area (Å²) >= 11 is 0. The highest BCUT2D eigenvalue weighted by molar-refractivity contribution is 5.95. The highest BCUT2D eigenvalue weighted by Crippen LogP contribution is 2.30. The molecular formula is C19H21FN2O. The van der Waals surface area contributed by atoms with Gasteiger partial charge in [0.2, 0.25) is 0 Å². The summed E-state index contributed by atoms with van der Waals surface area (Å²) in [5.41, 5.74) is 2.57. The van der Waals surface area contributed by atoms with Crippen LogP contribution in [0.4, 0.5) is 10.1 Å². The third-order valence-corrected chi connectivity index (χ3v) is 4.12. The third-order valence-electron chi connectivity index (χ3n) is 4.12. The molecule has 1 amide bonds. The highest BCUT2D eigenvalue weighted by atomic mass is 19.1. The zero-order chi connectivity index (χ0) is 16.4. The molecule has 2 aromatic carbocycles. The van der Waals surface area contributed by atoms with Gasteiger partial charge in [0.05, 0.1) is 0 Å². The van der Waals surface area contributed by atoms with Gasteiger partial charge in [-0.25, -0.2) is 4.39 Å². The maximum absolute atomic E-state index is 13.4. The minimum atomic E-state index is -0.263. The molecule has 0 bridgehead atoms. The Kier molecular flexibility index (Phi) is 4.33. The molecule has 3 nitrogen and oxygen atoms in total. The molecule has 0 atom stereocenters. The average Bonchev–Trinajstić information content (AvgIpc) is 3.37. The highest BCUT2D eigenvalue weighted by Gasteiger charge is 2.33. The first kappa shape index (κ1) is 15.5. The van der Waals surface area contributed by atoms with Crippen molar-refractivity contribution in [2.45, 2.75) is 25.4 Å². The van der Waals surface area contributed by atoms with Crippen LogP contribution in [0.15, 0.2) is 48.5 Å². The van der Waals surface area contributed by atoms with Gasteiger partial charge in [-0.3, -0.25) is 4.79 Å². The first-order valence-corrected chi connectivity index (χ1v) is 7.87. The summed E-state index contributed by atoms with van der Waals surface area (Å²) < 4.78 is 13.4. The van der Waals surface area contributed by atoms with E-state index in [0.717, 1.165) is 24.1 Å². The normalized spacial score (nSPS) is 13.7. The van der Waals surface area contributed by atoms with Crippen molar-refractivity contribution in [2.24, 2.45) is 0 Å². The van der Waals surface area contributed by atoms with Crippen LogP contribution in [0, 0.1) is 5.82 Å². The van der Waals surface area contributed by atoms with Gasteiger partial charge in [0.1, 0.15) is 5.82 Å². The van der Waals surface area contributed by atoms with Crippen LogP contribution >= 0.6 is 0 Å². The zero-order valence-corrected chi connectivity index (χ0v) is 13.5. The Morgan fingerprint density at radius 1 is 1.13 bits per heavy atom. The van der Waals surface area contributed by atoms with Crippen molar-refractivity contribution in [3.63, 3.8) is 0 Å². The lowest BCUT2D eigenvalue weighted by molar-refractivity contribution is 0.0729. The van der Waals surface area contributed by atoms with Gasteiger partial charge < -0.3 is 9.80 Å². The predicted octanol–water partition coefficient (Wildman–Crippen LogP) is 3.70. The number of carbonyl (C=O) groups is 1. The van der Waals surface area contributed by atoms with Crippen LogP contribution in [0.1, 0.15) is 28.8 Å². The van der Waals surface area contributed by atoms with E-state index < -0.39 is 0 Å². The molecule has 1 saturated carbocycles. The summed E-state index contributed by atoms with van der Waals surface area (Å²) in [6.45, 7) is 0.455. The average molecular weight is 312 g/mol. The topological polar surface area (TPSA) is 23.6 Å². The number of anilines is 1. The Morgan fingerprint density at radius 2 is 1.83 bits per heavy atom. The predicted molar refractivity (Wildman–Crippen MR) is 90.1 cm³/mol. The first-order valence-electron chi connectivity index (χ1n) is 7.87. The van der Waals surface area contributed by atoms with Crippen molar-refractivity contribution in [3.05, 3.63) is 65.5 Å². The molecule has 3 rings (SSSR count). The lowest BCUT2D eigenvalue weighted by atomic mass is 10.1. The minimum absolute atomic E-state index is 0.0158. The van der Waals surface area contributed by atoms with E-state index in [0.29, 0.717) is 12.1 Å². The molecular weight excluding hydrogens is 291 g/mol. The molecule has 1 aliphatic rings. The van der Waals surface area contributed by atoms with Crippen LogP contribution in [-0.4, -0.2) is 30.9 Å². The van der Waals surface area contributed by atoms with E-state index in [2.05, 4.69) is 0 Å². The number of amides is 1. The maximum Gasteiger partial charge on any atom is 0.254 e. The van der Waals surface area contributed by atoms with Gasteiger partial charge >= 0.3 is 0 Å². The van der Waals surface area contributed by atoms with Gasteiger partial charge in [-0.15, -0.1) is 0 Å². The smallest absolute Gasteiger partial charge is 0.254 e. The fraction of sp³-hybridized carbons (Fsp3) is 0.316. The van der Waals surface area contributed by atoms with Crippen LogP contribution in [0.3, 0.4) is 0 Å². The van der Waals surface area contributed by atoms with Crippen molar-refractivity contribution in [1.29, 1.82) is 0 Å². The number of nitrogens with zero attached hydrogens (tertiary/aromatic N) is 2. The van der Waals surface area contributed by atoms with Crippen LogP contribution in [0.25, 0.3) is 0 Å². The molecule has 0 unspecified atom stereocenters. The van der Waals surface area contributed by atoms with Gasteiger partial charge in [-0.2, -0.15) is 0 Å². The molecule has 0 saturated heterocycles. The number of benzene rings is 2. The molecule has 23 heavy (non-hydrogen) atoms. The number of carbonyl (C=O) groups excluding carboxylic acids is 1. The molecule has 120 valence electrons. The van der Waals surface area contributed by atoms with Crippen molar-refractivity contribution >= 4 is 11.6 Å². The number of halogens is 1. The van der Waals surface area contributed by atoms with Crippen LogP contribution in [0.2, 0.25) is 0 Å². The molecule has 2 aromatic rings. The van der Waals surface area contributed by atoms with E-state index in [-0.39, 0.29) is 17.8 Å². The summed E-state index contributed by atoms with van der Waals surface area (Å²) in [6.07, 6.45) is 2.05. The van der Waals surface area contributed by atoms with E-state index in [9.17, 15) is 9.18 Å². The lowest BCUT2D eigenvalue weighted by Gasteiger charge is -2.23. The largest absolute Gasteiger partial charge is 0.378 e. The second-order valence-electron chi connectivity index (χ2n) is 6.24. The molecule has 0 aliphatic heterocycles. The van der Waals surface area contributed by atoms with Crippen LogP contribution in [-0.2, 0) is 6.54 Å². The van der Waals surface area contributed by atoms with Crippen molar-refractivity contribution in [2.75, 3.05) is 19.0 Å². The van der Waals surface area contributed by atoms with E-state index in [4.69, 9.17) is 0 Å². The molecule has 0 spiro atoms. The summed E-state index contributed by atoms with van der Waals surface area (Å²) in [7, 11) is 3.94. The Balaban J connectivity index is 1.79. The van der Waals surface area contributed by atoms with Gasteiger partial charge in [-0.1, -0.05) is 12.1 Å². The second-order valence-corrected chi connectivity index (χ2v) is 6.24. The van der Waals surface area contributed by atoms with Crippen LogP contribution in [0.5, 0.6) is 0 Å². The van der Waals surface area contributed by atoms with Crippen molar-refractivity contribution in [1.82, 2.24) is 4.90 Å². The van der Waals surface area contributed by atoms with Crippen molar-refractivity contribution in [3.8, 4) is 0 Å². The van der Waals surface area contributed by atoms with Gasteiger partial charge in [0, 0.05) is 37.9 Å². The minimum Gasteiger partial charge on any atom is -0.378 e. The van der Waals surface area contributed by atoms with Gasteiger partial charge in [-0.05, 0) is 54.8 Å². The Bertz CT molecular complexity index is 693. The second kappa shape index (κ2) is 6.41. The standard InChI is InChI=1S/C19H21FN2O/c1-21(2)17-8-6-15(7-9-17)19(23)22(18-10-11-18)13-14-4-3-5-16(20)12-14/h3-9,12,18H,10-11,13H2,1-2H3. The summed E-state index contributed by atoms with van der Waals surface area (Å²) in [6, 6.07) is 14.4. The molecule has 0 radical (unpaired) electrons. The third kappa shape index (κ3) is 3.70. The Labute approximate surface area is 136 Å². The number of hydrogen-bond donors (Lipinski definition) is 0. The summed E-state index contributed by atoms with van der Waals surface area (Å²) in [5, 5.41) is 0. The number of hydrogen-bond acceptors (Lipinski definition) is 2. The van der Waals surface area contributed by atoms with E-state index >= 15 is 0 Å². The molecule has 1 fully saturated rings. The molecule has 1 aliphatic carbocycles. The van der Waals surface area contributed by atoms with Gasteiger partial charge in [0.15, 0.2) is 0 Å². The molecule has 0 N–H and O–H groups in total. The van der Waals surface area contributed by atoms with E-state index in [1.807, 2.05) is 54.2 Å². The summed E-state index contributed by atoms with van der Waals surface area (Å²) in [4.78, 5) is 16.7. The Morgan fingerprint density at radius 3 is 2.39 bits per heavy atom. The quantitative estimate of drug-likeness (QED) is 0.840. The number of rotatable bonds is 5. The molecule has 0 heterocycles. The maximum atomic E-state index is 13.4. The Hall–Kier alpha value is -2.36. The zero-order valence-electron chi connectivity index (χ0n) is 13.5. The molecule has 4 heteroatoms. The first-order chi connectivity index (χ1) is 11.0. The van der Waals surface area contributed by atoms with Crippen molar-refractivity contribution < 1.29 is 9.18 Å². The fourth-order valence-corrected chi connectivity index (χ4v) is 2.65. The van der Waals surface area contributed by atoms with Gasteiger partial charge in [0.25, 0.3) is 5.91 Å². The van der Waals surface area contributed by atoms with E-state index in [1.165, 1.54) is 12.1 Å². The monoisotopic (exact) mass is 312 g/mol. The lowest BCUT2D eigenvalue weighted by Crippen LogP contribution is -2.32. The molecule has 0 aromatic heterocycles. The van der Waals surface area contributed by atoms with E-state index in [1.54, 1.807) is 6.07 Å².